The molecule has 1 aliphatic carbocycles. The number of aliphatic hydroxyl groups excluding tert-OH is 1. The van der Waals surface area contributed by atoms with Crippen molar-refractivity contribution < 1.29 is 5.11 Å². The number of nitrogen functional groups attached to an aromatic ring is 1. The van der Waals surface area contributed by atoms with E-state index in [9.17, 15) is 0 Å². The lowest BCUT2D eigenvalue weighted by Crippen LogP contribution is -2.42. The third kappa shape index (κ3) is 2.86. The molecule has 0 radical (unpaired) electrons. The molecular weight excluding hydrogens is 240 g/mol. The predicted molar refractivity (Wildman–Crippen MR) is 78.3 cm³/mol. The molecule has 1 heterocycles. The molecule has 0 spiro atoms. The lowest BCUT2D eigenvalue weighted by Gasteiger charge is -2.39. The molecule has 1 aromatic rings. The maximum atomic E-state index is 9.08. The van der Waals surface area contributed by atoms with E-state index in [1.807, 2.05) is 11.7 Å². The van der Waals surface area contributed by atoms with Gasteiger partial charge in [-0.3, -0.25) is 4.68 Å². The maximum absolute atomic E-state index is 9.08. The molecule has 1 aromatic heterocycles. The van der Waals surface area contributed by atoms with Crippen molar-refractivity contribution in [3.05, 3.63) is 5.69 Å². The summed E-state index contributed by atoms with van der Waals surface area (Å²) >= 11 is 0. The van der Waals surface area contributed by atoms with Crippen LogP contribution in [0.5, 0.6) is 0 Å². The minimum absolute atomic E-state index is 0.225. The van der Waals surface area contributed by atoms with Crippen LogP contribution in [0.4, 0.5) is 11.5 Å². The number of aryl methyl sites for hydroxylation is 2. The number of nitrogens with zero attached hydrogens (tertiary/aromatic N) is 3. The van der Waals surface area contributed by atoms with Crippen LogP contribution < -0.4 is 10.6 Å². The highest BCUT2D eigenvalue weighted by molar-refractivity contribution is 5.67. The van der Waals surface area contributed by atoms with Gasteiger partial charge in [-0.05, 0) is 32.1 Å². The molecule has 0 unspecified atom stereocenters. The minimum Gasteiger partial charge on any atom is -0.396 e. The summed E-state index contributed by atoms with van der Waals surface area (Å²) < 4.78 is 1.91. The zero-order chi connectivity index (χ0) is 13.8. The van der Waals surface area contributed by atoms with Gasteiger partial charge in [-0.15, -0.1) is 0 Å². The second-order valence-corrected chi connectivity index (χ2v) is 5.41. The fraction of sp³-hybridized carbons (Fsp3) is 0.786. The number of rotatable bonds is 7. The van der Waals surface area contributed by atoms with E-state index in [-0.39, 0.29) is 6.61 Å². The molecular formula is C14H26N4O. The summed E-state index contributed by atoms with van der Waals surface area (Å²) in [6.07, 6.45) is 6.50. The Bertz CT molecular complexity index is 412. The molecule has 19 heavy (non-hydrogen) atoms. The third-order valence-electron chi connectivity index (χ3n) is 3.96. The number of anilines is 2. The summed E-state index contributed by atoms with van der Waals surface area (Å²) in [5, 5.41) is 13.6. The first-order valence-electron chi connectivity index (χ1n) is 7.37. The van der Waals surface area contributed by atoms with Crippen molar-refractivity contribution in [1.82, 2.24) is 9.78 Å². The Hall–Kier alpha value is -1.23. The van der Waals surface area contributed by atoms with E-state index in [1.165, 1.54) is 19.3 Å². The molecule has 0 aliphatic heterocycles. The Morgan fingerprint density at radius 2 is 2.21 bits per heavy atom. The zero-order valence-electron chi connectivity index (χ0n) is 12.1. The molecule has 5 nitrogen and oxygen atoms in total. The molecule has 0 atom stereocenters. The Labute approximate surface area is 115 Å². The molecule has 1 saturated carbocycles. The maximum Gasteiger partial charge on any atom is 0.150 e. The Kier molecular flexibility index (Phi) is 4.69. The summed E-state index contributed by atoms with van der Waals surface area (Å²) in [6.45, 7) is 3.22. The van der Waals surface area contributed by atoms with Gasteiger partial charge in [-0.2, -0.15) is 5.10 Å². The van der Waals surface area contributed by atoms with Crippen molar-refractivity contribution in [2.24, 2.45) is 7.05 Å². The molecule has 0 saturated heterocycles. The van der Waals surface area contributed by atoms with Crippen LogP contribution in [0.3, 0.4) is 0 Å². The first-order valence-corrected chi connectivity index (χ1v) is 7.37. The Morgan fingerprint density at radius 3 is 2.74 bits per heavy atom. The van der Waals surface area contributed by atoms with Gasteiger partial charge in [0, 0.05) is 26.2 Å². The molecule has 5 heteroatoms. The van der Waals surface area contributed by atoms with Crippen LogP contribution in [0.2, 0.25) is 0 Å². The second kappa shape index (κ2) is 6.28. The standard InChI is InChI=1S/C14H26N4O/c1-3-6-12-13(15)14(17(2)16-12)18(9-5-10-19)11-7-4-8-11/h11,19H,3-10,15H2,1-2H3. The smallest absolute Gasteiger partial charge is 0.150 e. The lowest BCUT2D eigenvalue weighted by atomic mass is 9.91. The third-order valence-corrected chi connectivity index (χ3v) is 3.96. The van der Waals surface area contributed by atoms with Crippen LogP contribution in [0.15, 0.2) is 0 Å². The van der Waals surface area contributed by atoms with Gasteiger partial charge in [0.25, 0.3) is 0 Å². The van der Waals surface area contributed by atoms with Crippen LogP contribution in [-0.2, 0) is 13.5 Å². The quantitative estimate of drug-likeness (QED) is 0.788. The topological polar surface area (TPSA) is 67.3 Å². The number of hydrogen-bond acceptors (Lipinski definition) is 4. The average Bonchev–Trinajstić information content (AvgIpc) is 2.58. The van der Waals surface area contributed by atoms with Crippen molar-refractivity contribution in [2.45, 2.75) is 51.5 Å². The SMILES string of the molecule is CCCc1nn(C)c(N(CCCO)C2CCC2)c1N. The van der Waals surface area contributed by atoms with Crippen molar-refractivity contribution in [3.63, 3.8) is 0 Å². The Morgan fingerprint density at radius 1 is 1.47 bits per heavy atom. The monoisotopic (exact) mass is 266 g/mol. The molecule has 1 aliphatic rings. The van der Waals surface area contributed by atoms with Crippen LogP contribution in [-0.4, -0.2) is 34.1 Å². The van der Waals surface area contributed by atoms with E-state index in [0.717, 1.165) is 43.0 Å². The first kappa shape index (κ1) is 14.2. The van der Waals surface area contributed by atoms with Crippen LogP contribution in [0.25, 0.3) is 0 Å². The highest BCUT2D eigenvalue weighted by Gasteiger charge is 2.29. The van der Waals surface area contributed by atoms with E-state index in [1.54, 1.807) is 0 Å². The van der Waals surface area contributed by atoms with E-state index in [2.05, 4.69) is 16.9 Å². The van der Waals surface area contributed by atoms with Crippen molar-refractivity contribution in [3.8, 4) is 0 Å². The largest absolute Gasteiger partial charge is 0.396 e. The predicted octanol–water partition coefficient (Wildman–Crippen LogP) is 1.70. The number of aromatic nitrogens is 2. The van der Waals surface area contributed by atoms with Crippen molar-refractivity contribution >= 4 is 11.5 Å². The fourth-order valence-electron chi connectivity index (χ4n) is 2.75. The van der Waals surface area contributed by atoms with Gasteiger partial charge < -0.3 is 15.7 Å². The first-order chi connectivity index (χ1) is 9.19. The van der Waals surface area contributed by atoms with Gasteiger partial charge in [-0.25, -0.2) is 0 Å². The van der Waals surface area contributed by atoms with Gasteiger partial charge >= 0.3 is 0 Å². The number of hydrogen-bond donors (Lipinski definition) is 2. The minimum atomic E-state index is 0.225. The molecule has 0 amide bonds. The summed E-state index contributed by atoms with van der Waals surface area (Å²) in [6, 6.07) is 0.568. The zero-order valence-corrected chi connectivity index (χ0v) is 12.1. The second-order valence-electron chi connectivity index (χ2n) is 5.41. The molecule has 0 aromatic carbocycles. The van der Waals surface area contributed by atoms with Crippen molar-refractivity contribution in [1.29, 1.82) is 0 Å². The number of aliphatic hydroxyl groups is 1. The molecule has 108 valence electrons. The van der Waals surface area contributed by atoms with E-state index >= 15 is 0 Å². The van der Waals surface area contributed by atoms with Crippen LogP contribution in [0, 0.1) is 0 Å². The Balaban J connectivity index is 2.24. The normalized spacial score (nSPS) is 15.5. The van der Waals surface area contributed by atoms with Crippen LogP contribution in [0.1, 0.15) is 44.7 Å². The van der Waals surface area contributed by atoms with Gasteiger partial charge in [0.1, 0.15) is 0 Å². The molecule has 3 N–H and O–H groups in total. The average molecular weight is 266 g/mol. The fourth-order valence-corrected chi connectivity index (χ4v) is 2.75. The highest BCUT2D eigenvalue weighted by atomic mass is 16.3. The summed E-state index contributed by atoms with van der Waals surface area (Å²) in [4.78, 5) is 2.35. The van der Waals surface area contributed by atoms with E-state index < -0.39 is 0 Å². The molecule has 0 bridgehead atoms. The molecule has 1 fully saturated rings. The van der Waals surface area contributed by atoms with Crippen molar-refractivity contribution in [2.75, 3.05) is 23.8 Å². The highest BCUT2D eigenvalue weighted by Crippen LogP contribution is 2.34. The summed E-state index contributed by atoms with van der Waals surface area (Å²) in [5.74, 6) is 1.04. The van der Waals surface area contributed by atoms with Gasteiger partial charge in [0.05, 0.1) is 11.4 Å². The van der Waals surface area contributed by atoms with E-state index in [0.29, 0.717) is 6.04 Å². The van der Waals surface area contributed by atoms with Gasteiger partial charge in [0.2, 0.25) is 0 Å². The van der Waals surface area contributed by atoms with Crippen LogP contribution >= 0.6 is 0 Å². The van der Waals surface area contributed by atoms with E-state index in [4.69, 9.17) is 10.8 Å². The molecule has 2 rings (SSSR count). The number of nitrogens with two attached hydrogens (primary N) is 1. The van der Waals surface area contributed by atoms with Gasteiger partial charge in [-0.1, -0.05) is 13.3 Å². The summed E-state index contributed by atoms with van der Waals surface area (Å²) in [5.41, 5.74) is 8.13. The van der Waals surface area contributed by atoms with Gasteiger partial charge in [0.15, 0.2) is 5.82 Å². The lowest BCUT2D eigenvalue weighted by molar-refractivity contribution is 0.282. The summed E-state index contributed by atoms with van der Waals surface area (Å²) in [7, 11) is 1.97.